The second-order valence-electron chi connectivity index (χ2n) is 4.27. The number of rotatable bonds is 2. The number of nitrogens with two attached hydrogens (primary N) is 1. The third-order valence-electron chi connectivity index (χ3n) is 3.15. The van der Waals surface area contributed by atoms with Gasteiger partial charge >= 0.3 is 0 Å². The van der Waals surface area contributed by atoms with Gasteiger partial charge in [-0.15, -0.1) is 11.3 Å². The quantitative estimate of drug-likeness (QED) is 0.758. The number of anilines is 1. The Morgan fingerprint density at radius 2 is 2.16 bits per heavy atom. The van der Waals surface area contributed by atoms with Gasteiger partial charge < -0.3 is 10.2 Å². The third kappa shape index (κ3) is 1.79. The Balaban J connectivity index is 2.24. The number of nitrogen functional groups attached to an aromatic ring is 1. The number of furan rings is 1. The molecule has 0 saturated carbocycles. The van der Waals surface area contributed by atoms with E-state index in [0.29, 0.717) is 10.6 Å². The van der Waals surface area contributed by atoms with E-state index in [1.165, 1.54) is 11.3 Å². The summed E-state index contributed by atoms with van der Waals surface area (Å²) in [4.78, 5) is 1.53. The maximum Gasteiger partial charge on any atom is 0.145 e. The Kier molecular flexibility index (Phi) is 2.77. The van der Waals surface area contributed by atoms with Crippen molar-refractivity contribution in [3.63, 3.8) is 0 Å². The van der Waals surface area contributed by atoms with Gasteiger partial charge in [-0.2, -0.15) is 5.26 Å². The van der Waals surface area contributed by atoms with Gasteiger partial charge in [-0.1, -0.05) is 25.1 Å². The molecule has 0 radical (unpaired) electrons. The van der Waals surface area contributed by atoms with Crippen LogP contribution in [-0.2, 0) is 6.42 Å². The molecule has 2 N–H and O–H groups in total. The zero-order valence-corrected chi connectivity index (χ0v) is 11.3. The molecule has 0 atom stereocenters. The Morgan fingerprint density at radius 3 is 2.84 bits per heavy atom. The topological polar surface area (TPSA) is 63.0 Å². The summed E-state index contributed by atoms with van der Waals surface area (Å²) in [6.45, 7) is 2.03. The first kappa shape index (κ1) is 11.8. The SMILES string of the molecule is CCc1c(-c2cc3ccccc3o2)sc(C#N)c1N. The molecule has 19 heavy (non-hydrogen) atoms. The van der Waals surface area contributed by atoms with E-state index in [-0.39, 0.29) is 0 Å². The van der Waals surface area contributed by atoms with Crippen molar-refractivity contribution in [2.24, 2.45) is 0 Å². The summed E-state index contributed by atoms with van der Waals surface area (Å²) in [7, 11) is 0. The Morgan fingerprint density at radius 1 is 1.37 bits per heavy atom. The third-order valence-corrected chi connectivity index (χ3v) is 4.32. The number of thiophene rings is 1. The molecule has 1 aromatic carbocycles. The summed E-state index contributed by atoms with van der Waals surface area (Å²) in [5.74, 6) is 0.788. The predicted octanol–water partition coefficient (Wildman–Crippen LogP) is 4.18. The Labute approximate surface area is 114 Å². The maximum atomic E-state index is 9.09. The van der Waals surface area contributed by atoms with Crippen LogP contribution in [0.15, 0.2) is 34.7 Å². The van der Waals surface area contributed by atoms with E-state index in [9.17, 15) is 0 Å². The van der Waals surface area contributed by atoms with E-state index in [1.54, 1.807) is 0 Å². The molecule has 94 valence electrons. The fourth-order valence-electron chi connectivity index (χ4n) is 2.20. The van der Waals surface area contributed by atoms with Crippen molar-refractivity contribution in [1.82, 2.24) is 0 Å². The zero-order valence-electron chi connectivity index (χ0n) is 10.4. The van der Waals surface area contributed by atoms with E-state index in [1.807, 2.05) is 37.3 Å². The molecule has 2 heterocycles. The summed E-state index contributed by atoms with van der Waals surface area (Å²) in [6.07, 6.45) is 0.788. The minimum Gasteiger partial charge on any atom is -0.455 e. The fraction of sp³-hybridized carbons (Fsp3) is 0.133. The highest BCUT2D eigenvalue weighted by Crippen LogP contribution is 2.40. The molecule has 3 rings (SSSR count). The van der Waals surface area contributed by atoms with Gasteiger partial charge in [0.05, 0.1) is 10.6 Å². The van der Waals surface area contributed by atoms with Crippen molar-refractivity contribution in [1.29, 1.82) is 5.26 Å². The minimum absolute atomic E-state index is 0.562. The molecule has 3 aromatic rings. The number of nitriles is 1. The lowest BCUT2D eigenvalue weighted by Gasteiger charge is -1.98. The fourth-order valence-corrected chi connectivity index (χ4v) is 3.27. The number of hydrogen-bond donors (Lipinski definition) is 1. The lowest BCUT2D eigenvalue weighted by molar-refractivity contribution is 0.632. The van der Waals surface area contributed by atoms with E-state index in [0.717, 1.165) is 33.6 Å². The summed E-state index contributed by atoms with van der Waals surface area (Å²) in [6, 6.07) is 12.0. The van der Waals surface area contributed by atoms with Crippen molar-refractivity contribution in [3.05, 3.63) is 40.8 Å². The predicted molar refractivity (Wildman–Crippen MR) is 78.0 cm³/mol. The van der Waals surface area contributed by atoms with Crippen LogP contribution in [0, 0.1) is 11.3 Å². The van der Waals surface area contributed by atoms with E-state index < -0.39 is 0 Å². The smallest absolute Gasteiger partial charge is 0.145 e. The number of hydrogen-bond acceptors (Lipinski definition) is 4. The average molecular weight is 268 g/mol. The second kappa shape index (κ2) is 4.45. The summed E-state index contributed by atoms with van der Waals surface area (Å²) >= 11 is 1.40. The van der Waals surface area contributed by atoms with Gasteiger partial charge in [0.25, 0.3) is 0 Å². The molecule has 0 saturated heterocycles. The van der Waals surface area contributed by atoms with E-state index in [2.05, 4.69) is 6.07 Å². The Hall–Kier alpha value is -2.25. The molecular formula is C15H12N2OS. The van der Waals surface area contributed by atoms with Crippen molar-refractivity contribution >= 4 is 28.0 Å². The molecule has 0 aliphatic carbocycles. The number of benzene rings is 1. The molecule has 0 bridgehead atoms. The van der Waals surface area contributed by atoms with Gasteiger partial charge in [0, 0.05) is 5.39 Å². The Bertz CT molecular complexity index is 759. The van der Waals surface area contributed by atoms with Crippen LogP contribution in [0.3, 0.4) is 0 Å². The van der Waals surface area contributed by atoms with Crippen LogP contribution in [0.2, 0.25) is 0 Å². The minimum atomic E-state index is 0.562. The van der Waals surface area contributed by atoms with Gasteiger partial charge in [-0.05, 0) is 24.1 Å². The molecule has 0 fully saturated rings. The van der Waals surface area contributed by atoms with Crippen molar-refractivity contribution in [2.75, 3.05) is 5.73 Å². The number of fused-ring (bicyclic) bond motifs is 1. The molecule has 0 amide bonds. The second-order valence-corrected chi connectivity index (χ2v) is 5.29. The molecular weight excluding hydrogens is 256 g/mol. The van der Waals surface area contributed by atoms with Crippen molar-refractivity contribution < 1.29 is 4.42 Å². The normalized spacial score (nSPS) is 10.7. The van der Waals surface area contributed by atoms with E-state index in [4.69, 9.17) is 15.4 Å². The van der Waals surface area contributed by atoms with Gasteiger partial charge in [0.1, 0.15) is 22.3 Å². The average Bonchev–Trinajstić information content (AvgIpc) is 2.98. The van der Waals surface area contributed by atoms with Crippen LogP contribution in [0.4, 0.5) is 5.69 Å². The summed E-state index contributed by atoms with van der Waals surface area (Å²) in [5, 5.41) is 10.1. The highest BCUT2D eigenvalue weighted by Gasteiger charge is 2.18. The molecule has 0 aliphatic rings. The van der Waals surface area contributed by atoms with Crippen LogP contribution in [0.5, 0.6) is 0 Å². The standard InChI is InChI=1S/C15H12N2OS/c1-2-10-14(17)13(8-16)19-15(10)12-7-9-5-3-4-6-11(9)18-12/h3-7H,2,17H2,1H3. The molecule has 0 unspecified atom stereocenters. The maximum absolute atomic E-state index is 9.09. The first-order chi connectivity index (χ1) is 9.24. The van der Waals surface area contributed by atoms with E-state index >= 15 is 0 Å². The zero-order chi connectivity index (χ0) is 13.4. The molecule has 4 heteroatoms. The monoisotopic (exact) mass is 268 g/mol. The van der Waals surface area contributed by atoms with Crippen molar-refractivity contribution in [3.8, 4) is 16.7 Å². The summed E-state index contributed by atoms with van der Waals surface area (Å²) < 4.78 is 5.85. The van der Waals surface area contributed by atoms with Gasteiger partial charge in [-0.3, -0.25) is 0 Å². The van der Waals surface area contributed by atoms with Crippen LogP contribution in [0.25, 0.3) is 21.6 Å². The number of para-hydroxylation sites is 1. The lowest BCUT2D eigenvalue weighted by Crippen LogP contribution is -1.90. The summed E-state index contributed by atoms with van der Waals surface area (Å²) in [5.41, 5.74) is 8.44. The largest absolute Gasteiger partial charge is 0.455 e. The molecule has 3 nitrogen and oxygen atoms in total. The van der Waals surface area contributed by atoms with Crippen LogP contribution < -0.4 is 5.73 Å². The molecule has 0 aliphatic heterocycles. The highest BCUT2D eigenvalue weighted by atomic mass is 32.1. The van der Waals surface area contributed by atoms with Gasteiger partial charge in [0.2, 0.25) is 0 Å². The highest BCUT2D eigenvalue weighted by molar-refractivity contribution is 7.16. The van der Waals surface area contributed by atoms with Crippen molar-refractivity contribution in [2.45, 2.75) is 13.3 Å². The lowest BCUT2D eigenvalue weighted by atomic mass is 10.1. The first-order valence-electron chi connectivity index (χ1n) is 6.04. The number of nitrogens with zero attached hydrogens (tertiary/aromatic N) is 1. The molecule has 0 spiro atoms. The first-order valence-corrected chi connectivity index (χ1v) is 6.86. The van der Waals surface area contributed by atoms with Crippen LogP contribution in [-0.4, -0.2) is 0 Å². The van der Waals surface area contributed by atoms with Crippen LogP contribution in [0.1, 0.15) is 17.4 Å². The molecule has 2 aromatic heterocycles. The van der Waals surface area contributed by atoms with Crippen LogP contribution >= 0.6 is 11.3 Å². The van der Waals surface area contributed by atoms with Gasteiger partial charge in [-0.25, -0.2) is 0 Å². The van der Waals surface area contributed by atoms with Gasteiger partial charge in [0.15, 0.2) is 0 Å².